The number of hydrogen-bond donors (Lipinski definition) is 3. The lowest BCUT2D eigenvalue weighted by Gasteiger charge is -2.27. The molecule has 0 aliphatic heterocycles. The molecule has 3 N–H and O–H groups in total. The SMILES string of the molecule is CCCC(=O)NC(NC(=S)Nc1ccc(OC)cc1)C(Cl)(Cl)Cl. The number of amides is 1. The van der Waals surface area contributed by atoms with Gasteiger partial charge in [0.25, 0.3) is 0 Å². The van der Waals surface area contributed by atoms with Crippen molar-refractivity contribution in [3.8, 4) is 5.75 Å². The van der Waals surface area contributed by atoms with Gasteiger partial charge in [-0.1, -0.05) is 41.7 Å². The fraction of sp³-hybridized carbons (Fsp3) is 0.429. The van der Waals surface area contributed by atoms with Gasteiger partial charge in [0.05, 0.1) is 7.11 Å². The lowest BCUT2D eigenvalue weighted by Crippen LogP contribution is -2.56. The maximum Gasteiger partial charge on any atom is 0.228 e. The van der Waals surface area contributed by atoms with E-state index in [4.69, 9.17) is 51.8 Å². The minimum Gasteiger partial charge on any atom is -0.497 e. The Labute approximate surface area is 156 Å². The Balaban J connectivity index is 2.66. The first-order chi connectivity index (χ1) is 10.8. The number of ether oxygens (including phenoxy) is 1. The number of carbonyl (C=O) groups is 1. The second kappa shape index (κ2) is 9.37. The summed E-state index contributed by atoms with van der Waals surface area (Å²) in [6.45, 7) is 1.88. The van der Waals surface area contributed by atoms with E-state index in [1.54, 1.807) is 31.4 Å². The quantitative estimate of drug-likeness (QED) is 0.388. The van der Waals surface area contributed by atoms with E-state index >= 15 is 0 Å². The Kier molecular flexibility index (Phi) is 8.19. The molecule has 0 saturated heterocycles. The summed E-state index contributed by atoms with van der Waals surface area (Å²) in [5.41, 5.74) is 0.728. The second-order valence-corrected chi connectivity index (χ2v) is 7.40. The van der Waals surface area contributed by atoms with Crippen LogP contribution in [-0.4, -0.2) is 28.1 Å². The molecule has 9 heteroatoms. The Bertz CT molecular complexity index is 535. The summed E-state index contributed by atoms with van der Waals surface area (Å²) in [7, 11) is 1.58. The van der Waals surface area contributed by atoms with E-state index in [9.17, 15) is 4.79 Å². The first-order valence-electron chi connectivity index (χ1n) is 6.84. The van der Waals surface area contributed by atoms with Crippen LogP contribution in [0.2, 0.25) is 0 Å². The average molecular weight is 399 g/mol. The predicted octanol–water partition coefficient (Wildman–Crippen LogP) is 3.59. The summed E-state index contributed by atoms with van der Waals surface area (Å²) >= 11 is 22.8. The fourth-order valence-electron chi connectivity index (χ4n) is 1.63. The number of rotatable bonds is 6. The number of thiocarbonyl (C=S) groups is 1. The molecule has 0 saturated carbocycles. The van der Waals surface area contributed by atoms with Crippen molar-refractivity contribution in [3.63, 3.8) is 0 Å². The third-order valence-corrected chi connectivity index (χ3v) is 3.61. The molecule has 1 amide bonds. The average Bonchev–Trinajstić information content (AvgIpc) is 2.46. The topological polar surface area (TPSA) is 62.4 Å². The van der Waals surface area contributed by atoms with Gasteiger partial charge in [-0.15, -0.1) is 0 Å². The third kappa shape index (κ3) is 7.44. The molecule has 1 aromatic rings. The van der Waals surface area contributed by atoms with E-state index < -0.39 is 9.96 Å². The van der Waals surface area contributed by atoms with Gasteiger partial charge in [-0.3, -0.25) is 4.79 Å². The van der Waals surface area contributed by atoms with E-state index in [1.165, 1.54) is 0 Å². The lowest BCUT2D eigenvalue weighted by atomic mass is 10.3. The van der Waals surface area contributed by atoms with Crippen molar-refractivity contribution < 1.29 is 9.53 Å². The van der Waals surface area contributed by atoms with Crippen LogP contribution >= 0.6 is 47.0 Å². The van der Waals surface area contributed by atoms with Crippen molar-refractivity contribution in [2.75, 3.05) is 12.4 Å². The van der Waals surface area contributed by atoms with Gasteiger partial charge in [0.1, 0.15) is 11.9 Å². The van der Waals surface area contributed by atoms with Crippen molar-refractivity contribution in [1.29, 1.82) is 0 Å². The van der Waals surface area contributed by atoms with Gasteiger partial charge in [0.15, 0.2) is 5.11 Å². The Morgan fingerprint density at radius 3 is 2.35 bits per heavy atom. The molecule has 128 valence electrons. The van der Waals surface area contributed by atoms with E-state index in [2.05, 4.69) is 16.0 Å². The van der Waals surface area contributed by atoms with E-state index in [0.717, 1.165) is 11.4 Å². The number of alkyl halides is 3. The molecule has 0 aliphatic carbocycles. The number of benzene rings is 1. The van der Waals surface area contributed by atoms with Crippen molar-refractivity contribution in [3.05, 3.63) is 24.3 Å². The van der Waals surface area contributed by atoms with E-state index in [1.807, 2.05) is 6.92 Å². The normalized spacial score (nSPS) is 12.2. The maximum atomic E-state index is 11.7. The summed E-state index contributed by atoms with van der Waals surface area (Å²) in [5.74, 6) is 0.490. The highest BCUT2D eigenvalue weighted by molar-refractivity contribution is 7.80. The highest BCUT2D eigenvalue weighted by Gasteiger charge is 2.34. The molecule has 0 heterocycles. The first-order valence-corrected chi connectivity index (χ1v) is 8.38. The Morgan fingerprint density at radius 2 is 1.87 bits per heavy atom. The molecular weight excluding hydrogens is 381 g/mol. The molecule has 5 nitrogen and oxygen atoms in total. The predicted molar refractivity (Wildman–Crippen MR) is 99.5 cm³/mol. The largest absolute Gasteiger partial charge is 0.497 e. The minimum absolute atomic E-state index is 0.211. The summed E-state index contributed by atoms with van der Waals surface area (Å²) in [6, 6.07) is 7.13. The monoisotopic (exact) mass is 397 g/mol. The van der Waals surface area contributed by atoms with Gasteiger partial charge >= 0.3 is 0 Å². The number of carbonyl (C=O) groups excluding carboxylic acids is 1. The summed E-state index contributed by atoms with van der Waals surface area (Å²) in [6.07, 6.45) is 0.0645. The van der Waals surface area contributed by atoms with Crippen molar-refractivity contribution in [2.45, 2.75) is 29.7 Å². The van der Waals surface area contributed by atoms with E-state index in [-0.39, 0.29) is 11.0 Å². The number of nitrogens with one attached hydrogen (secondary N) is 3. The smallest absolute Gasteiger partial charge is 0.228 e. The van der Waals surface area contributed by atoms with Crippen LogP contribution in [0.5, 0.6) is 5.75 Å². The van der Waals surface area contributed by atoms with Crippen LogP contribution in [0.3, 0.4) is 0 Å². The van der Waals surface area contributed by atoms with Crippen molar-refractivity contribution in [2.24, 2.45) is 0 Å². The number of hydrogen-bond acceptors (Lipinski definition) is 3. The highest BCUT2D eigenvalue weighted by Crippen LogP contribution is 2.29. The molecule has 1 aromatic carbocycles. The Hall–Kier alpha value is -0.950. The minimum atomic E-state index is -1.75. The van der Waals surface area contributed by atoms with Crippen LogP contribution < -0.4 is 20.7 Å². The zero-order valence-corrected chi connectivity index (χ0v) is 15.7. The van der Waals surface area contributed by atoms with Crippen LogP contribution in [0.25, 0.3) is 0 Å². The van der Waals surface area contributed by atoms with Crippen molar-refractivity contribution >= 4 is 63.7 Å². The summed E-state index contributed by atoms with van der Waals surface area (Å²) in [5, 5.41) is 8.53. The molecule has 1 rings (SSSR count). The van der Waals surface area contributed by atoms with Crippen molar-refractivity contribution in [1.82, 2.24) is 10.6 Å². The molecule has 0 bridgehead atoms. The zero-order valence-electron chi connectivity index (χ0n) is 12.7. The molecule has 0 aliphatic rings. The molecule has 1 atom stereocenters. The van der Waals surface area contributed by atoms with E-state index in [0.29, 0.717) is 12.8 Å². The number of methoxy groups -OCH3 is 1. The number of anilines is 1. The van der Waals surface area contributed by atoms with Crippen LogP contribution in [0, 0.1) is 0 Å². The third-order valence-electron chi connectivity index (χ3n) is 2.73. The van der Waals surface area contributed by atoms with Crippen LogP contribution in [0.15, 0.2) is 24.3 Å². The maximum absolute atomic E-state index is 11.7. The van der Waals surface area contributed by atoms with Gasteiger partial charge in [-0.2, -0.15) is 0 Å². The standard InChI is InChI=1S/C14H18Cl3N3O2S/c1-3-4-11(21)19-12(14(15,16)17)20-13(23)18-9-5-7-10(22-2)8-6-9/h5-8,12H,3-4H2,1-2H3,(H,19,21)(H2,18,20,23). The van der Waals surface area contributed by atoms with Gasteiger partial charge in [-0.05, 0) is 42.9 Å². The molecule has 0 radical (unpaired) electrons. The van der Waals surface area contributed by atoms with Crippen LogP contribution in [0.1, 0.15) is 19.8 Å². The highest BCUT2D eigenvalue weighted by atomic mass is 35.6. The second-order valence-electron chi connectivity index (χ2n) is 4.62. The molecule has 23 heavy (non-hydrogen) atoms. The van der Waals surface area contributed by atoms with Crippen LogP contribution in [-0.2, 0) is 4.79 Å². The summed E-state index contributed by atoms with van der Waals surface area (Å²) in [4.78, 5) is 11.7. The van der Waals surface area contributed by atoms with Gasteiger partial charge in [0, 0.05) is 12.1 Å². The van der Waals surface area contributed by atoms with Gasteiger partial charge < -0.3 is 20.7 Å². The van der Waals surface area contributed by atoms with Crippen LogP contribution in [0.4, 0.5) is 5.69 Å². The molecule has 0 aromatic heterocycles. The van der Waals surface area contributed by atoms with Gasteiger partial charge in [0.2, 0.25) is 9.70 Å². The molecular formula is C14H18Cl3N3O2S. The zero-order chi connectivity index (χ0) is 17.5. The molecule has 1 unspecified atom stereocenters. The van der Waals surface area contributed by atoms with Gasteiger partial charge in [-0.25, -0.2) is 0 Å². The Morgan fingerprint density at radius 1 is 1.26 bits per heavy atom. The molecule has 0 spiro atoms. The fourth-order valence-corrected chi connectivity index (χ4v) is 2.20. The summed E-state index contributed by atoms with van der Waals surface area (Å²) < 4.78 is 3.32. The first kappa shape index (κ1) is 20.1. The lowest BCUT2D eigenvalue weighted by molar-refractivity contribution is -0.121. The number of halogens is 3. The molecule has 0 fully saturated rings.